The number of hydrogen-bond acceptors (Lipinski definition) is 5. The van der Waals surface area contributed by atoms with Crippen molar-refractivity contribution < 1.29 is 19.1 Å². The topological polar surface area (TPSA) is 113 Å². The molecule has 0 aliphatic heterocycles. The van der Waals surface area contributed by atoms with Crippen molar-refractivity contribution in [2.75, 3.05) is 13.7 Å². The Hall–Kier alpha value is -3.38. The third-order valence-corrected chi connectivity index (χ3v) is 4.54. The number of rotatable bonds is 5. The number of amides is 3. The third kappa shape index (κ3) is 5.56. The van der Waals surface area contributed by atoms with Gasteiger partial charge in [-0.15, -0.1) is 0 Å². The van der Waals surface area contributed by atoms with Crippen molar-refractivity contribution in [2.24, 2.45) is 0 Å². The van der Waals surface area contributed by atoms with Crippen LogP contribution in [0, 0.1) is 25.2 Å². The van der Waals surface area contributed by atoms with Crippen molar-refractivity contribution in [2.45, 2.75) is 13.8 Å². The molecule has 0 unspecified atom stereocenters. The molecule has 8 nitrogen and oxygen atoms in total. The van der Waals surface area contributed by atoms with E-state index < -0.39 is 24.5 Å². The Balaban J connectivity index is 2.21. The van der Waals surface area contributed by atoms with Crippen LogP contribution in [0.15, 0.2) is 40.4 Å². The molecule has 29 heavy (non-hydrogen) atoms. The van der Waals surface area contributed by atoms with Crippen LogP contribution in [0.5, 0.6) is 0 Å². The molecule has 0 spiro atoms. The number of nitriles is 1. The van der Waals surface area contributed by atoms with Crippen molar-refractivity contribution in [1.82, 2.24) is 15.2 Å². The van der Waals surface area contributed by atoms with Crippen LogP contribution in [0.4, 0.5) is 4.79 Å². The molecule has 0 bridgehead atoms. The fraction of sp³-hybridized carbons (Fsp3) is 0.200. The van der Waals surface area contributed by atoms with Crippen molar-refractivity contribution in [3.05, 3.63) is 57.3 Å². The summed E-state index contributed by atoms with van der Waals surface area (Å²) in [5.74, 6) is -1.75. The zero-order valence-electron chi connectivity index (χ0n) is 16.1. The Labute approximate surface area is 176 Å². The molecule has 1 aromatic carbocycles. The zero-order valence-corrected chi connectivity index (χ0v) is 17.7. The number of nitrogens with one attached hydrogen (secondary N) is 2. The van der Waals surface area contributed by atoms with E-state index in [0.29, 0.717) is 5.56 Å². The lowest BCUT2D eigenvalue weighted by atomic mass is 10.1. The molecule has 2 N–H and O–H groups in total. The molecule has 2 rings (SSSR count). The van der Waals surface area contributed by atoms with Gasteiger partial charge in [-0.3, -0.25) is 10.1 Å². The van der Waals surface area contributed by atoms with Crippen molar-refractivity contribution in [3.8, 4) is 11.8 Å². The summed E-state index contributed by atoms with van der Waals surface area (Å²) in [4.78, 5) is 34.7. The lowest BCUT2D eigenvalue weighted by Gasteiger charge is -2.09. The van der Waals surface area contributed by atoms with E-state index in [-0.39, 0.29) is 5.57 Å². The Morgan fingerprint density at radius 2 is 1.90 bits per heavy atom. The molecule has 0 atom stereocenters. The van der Waals surface area contributed by atoms with E-state index >= 15 is 0 Å². The smallest absolute Gasteiger partial charge is 0.349 e. The first-order valence-electron chi connectivity index (χ1n) is 8.52. The number of halogens is 1. The van der Waals surface area contributed by atoms with E-state index in [1.807, 2.05) is 54.1 Å². The van der Waals surface area contributed by atoms with Crippen LogP contribution >= 0.6 is 15.9 Å². The molecule has 0 saturated heterocycles. The molecule has 0 aliphatic rings. The summed E-state index contributed by atoms with van der Waals surface area (Å²) in [5.41, 5.74) is 3.12. The molecule has 9 heteroatoms. The second kappa shape index (κ2) is 9.71. The van der Waals surface area contributed by atoms with Crippen LogP contribution in [0.3, 0.4) is 0 Å². The van der Waals surface area contributed by atoms with Crippen LogP contribution in [0.25, 0.3) is 11.8 Å². The fourth-order valence-corrected chi connectivity index (χ4v) is 2.91. The number of urea groups is 1. The average Bonchev–Trinajstić information content (AvgIpc) is 2.98. The van der Waals surface area contributed by atoms with Gasteiger partial charge in [-0.25, -0.2) is 9.59 Å². The van der Waals surface area contributed by atoms with Crippen LogP contribution < -0.4 is 10.6 Å². The molecule has 0 radical (unpaired) electrons. The normalized spacial score (nSPS) is 10.8. The number of carbonyl (C=O) groups excluding carboxylic acids is 3. The molecule has 1 heterocycles. The highest BCUT2D eigenvalue weighted by molar-refractivity contribution is 9.10. The third-order valence-electron chi connectivity index (χ3n) is 4.01. The van der Waals surface area contributed by atoms with Gasteiger partial charge in [0.05, 0.1) is 0 Å². The maximum atomic E-state index is 12.1. The fourth-order valence-electron chi connectivity index (χ4n) is 2.65. The molecule has 1 aromatic heterocycles. The largest absolute Gasteiger partial charge is 0.451 e. The predicted molar refractivity (Wildman–Crippen MR) is 110 cm³/mol. The molecular weight excluding hydrogens is 440 g/mol. The highest BCUT2D eigenvalue weighted by Gasteiger charge is 2.16. The summed E-state index contributed by atoms with van der Waals surface area (Å²) in [7, 11) is 1.34. The number of carbonyl (C=O) groups is 3. The van der Waals surface area contributed by atoms with Crippen LogP contribution in [-0.4, -0.2) is 36.1 Å². The quantitative estimate of drug-likeness (QED) is 0.406. The predicted octanol–water partition coefficient (Wildman–Crippen LogP) is 2.76. The standard InChI is InChI=1S/C20H19BrN4O4/c1-12-8-14(13(2)25(12)17-6-4-16(21)5-7-17)9-15(10-22)19(27)29-11-18(26)24-20(28)23-3/h4-9H,11H2,1-3H3,(H2,23,24,26,28)/b15-9+. The first-order valence-corrected chi connectivity index (χ1v) is 9.31. The number of esters is 1. The van der Waals surface area contributed by atoms with E-state index in [1.54, 1.807) is 6.07 Å². The van der Waals surface area contributed by atoms with Gasteiger partial charge in [-0.05, 0) is 55.8 Å². The van der Waals surface area contributed by atoms with E-state index in [2.05, 4.69) is 21.2 Å². The zero-order chi connectivity index (χ0) is 21.6. The van der Waals surface area contributed by atoms with Crippen LogP contribution in [0.1, 0.15) is 17.0 Å². The molecule has 2 aromatic rings. The molecule has 0 fully saturated rings. The number of benzene rings is 1. The van der Waals surface area contributed by atoms with E-state index in [9.17, 15) is 19.6 Å². The number of aryl methyl sites for hydroxylation is 1. The molecule has 0 saturated carbocycles. The van der Waals surface area contributed by atoms with Gasteiger partial charge in [-0.2, -0.15) is 5.26 Å². The molecular formula is C20H19BrN4O4. The van der Waals surface area contributed by atoms with Crippen molar-refractivity contribution in [1.29, 1.82) is 5.26 Å². The van der Waals surface area contributed by atoms with Crippen molar-refractivity contribution in [3.63, 3.8) is 0 Å². The number of hydrogen-bond donors (Lipinski definition) is 2. The minimum Gasteiger partial charge on any atom is -0.451 e. The monoisotopic (exact) mass is 458 g/mol. The number of ether oxygens (including phenoxy) is 1. The van der Waals surface area contributed by atoms with Gasteiger partial charge >= 0.3 is 12.0 Å². The maximum absolute atomic E-state index is 12.1. The van der Waals surface area contributed by atoms with Gasteiger partial charge in [-0.1, -0.05) is 15.9 Å². The minimum absolute atomic E-state index is 0.256. The maximum Gasteiger partial charge on any atom is 0.349 e. The summed E-state index contributed by atoms with van der Waals surface area (Å²) >= 11 is 3.40. The summed E-state index contributed by atoms with van der Waals surface area (Å²) in [6, 6.07) is 10.7. The summed E-state index contributed by atoms with van der Waals surface area (Å²) in [5, 5.41) is 13.5. The van der Waals surface area contributed by atoms with Gasteiger partial charge in [0, 0.05) is 28.6 Å². The number of nitrogens with zero attached hydrogens (tertiary/aromatic N) is 2. The molecule has 150 valence electrons. The Kier molecular flexibility index (Phi) is 7.33. The van der Waals surface area contributed by atoms with E-state index in [4.69, 9.17) is 4.74 Å². The average molecular weight is 459 g/mol. The number of aromatic nitrogens is 1. The Morgan fingerprint density at radius 3 is 2.48 bits per heavy atom. The van der Waals surface area contributed by atoms with Crippen LogP contribution in [-0.2, 0) is 14.3 Å². The Morgan fingerprint density at radius 1 is 1.24 bits per heavy atom. The van der Waals surface area contributed by atoms with Crippen LogP contribution in [0.2, 0.25) is 0 Å². The Bertz CT molecular complexity index is 1020. The SMILES string of the molecule is CNC(=O)NC(=O)COC(=O)/C(C#N)=C/c1cc(C)n(-c2ccc(Br)cc2)c1C. The lowest BCUT2D eigenvalue weighted by molar-refractivity contribution is -0.144. The van der Waals surface area contributed by atoms with Gasteiger partial charge in [0.1, 0.15) is 11.6 Å². The van der Waals surface area contributed by atoms with Gasteiger partial charge in [0.15, 0.2) is 6.61 Å². The molecule has 3 amide bonds. The highest BCUT2D eigenvalue weighted by Crippen LogP contribution is 2.24. The van der Waals surface area contributed by atoms with Gasteiger partial charge < -0.3 is 14.6 Å². The summed E-state index contributed by atoms with van der Waals surface area (Å²) in [6.07, 6.45) is 1.41. The minimum atomic E-state index is -0.951. The first-order chi connectivity index (χ1) is 13.8. The van der Waals surface area contributed by atoms with Gasteiger partial charge in [0.2, 0.25) is 0 Å². The van der Waals surface area contributed by atoms with E-state index in [0.717, 1.165) is 21.5 Å². The first kappa shape index (κ1) is 21.9. The summed E-state index contributed by atoms with van der Waals surface area (Å²) in [6.45, 7) is 3.11. The molecule has 0 aliphatic carbocycles. The second-order valence-electron chi connectivity index (χ2n) is 6.01. The summed E-state index contributed by atoms with van der Waals surface area (Å²) < 4.78 is 7.77. The van der Waals surface area contributed by atoms with E-state index in [1.165, 1.54) is 13.1 Å². The van der Waals surface area contributed by atoms with Crippen molar-refractivity contribution >= 4 is 39.9 Å². The second-order valence-corrected chi connectivity index (χ2v) is 6.93. The lowest BCUT2D eigenvalue weighted by Crippen LogP contribution is -2.39. The van der Waals surface area contributed by atoms with Gasteiger partial charge in [0.25, 0.3) is 5.91 Å². The highest BCUT2D eigenvalue weighted by atomic mass is 79.9. The number of imide groups is 1.